The van der Waals surface area contributed by atoms with Crippen LogP contribution in [0, 0.1) is 0 Å². The summed E-state index contributed by atoms with van der Waals surface area (Å²) in [5.74, 6) is -0.395. The number of hydrogen-bond acceptors (Lipinski definition) is 6. The lowest BCUT2D eigenvalue weighted by Crippen LogP contribution is -2.29. The molecule has 0 aliphatic heterocycles. The van der Waals surface area contributed by atoms with Crippen molar-refractivity contribution >= 4 is 44.9 Å². The Morgan fingerprint density at radius 3 is 2.27 bits per heavy atom. The highest BCUT2D eigenvalue weighted by Crippen LogP contribution is 2.26. The Labute approximate surface area is 222 Å². The molecular formula is C27H29ClN2O6S. The Kier molecular flexibility index (Phi) is 9.93. The molecule has 8 nitrogen and oxygen atoms in total. The predicted molar refractivity (Wildman–Crippen MR) is 145 cm³/mol. The monoisotopic (exact) mass is 544 g/mol. The number of hydrogen-bond donors (Lipinski definition) is 1. The minimum Gasteiger partial charge on any atom is -0.484 e. The predicted octanol–water partition coefficient (Wildman–Crippen LogP) is 5.28. The number of carbonyl (C=O) groups is 2. The SMILES string of the molecule is CCCCOC(=O)c1ccc(NC(=O)COc2ccc(N(Cc3ccccc3Cl)S(C)(=O)=O)cc2)cc1. The summed E-state index contributed by atoms with van der Waals surface area (Å²) in [6, 6.07) is 19.8. The van der Waals surface area contributed by atoms with Crippen LogP contribution in [0.5, 0.6) is 5.75 Å². The number of nitrogens with zero attached hydrogens (tertiary/aromatic N) is 1. The quantitative estimate of drug-likeness (QED) is 0.246. The smallest absolute Gasteiger partial charge is 0.338 e. The fraction of sp³-hybridized carbons (Fsp3) is 0.259. The maximum absolute atomic E-state index is 12.4. The zero-order valence-electron chi connectivity index (χ0n) is 20.6. The van der Waals surface area contributed by atoms with E-state index in [0.717, 1.165) is 19.1 Å². The molecular weight excluding hydrogens is 516 g/mol. The zero-order valence-corrected chi connectivity index (χ0v) is 22.2. The molecule has 0 aliphatic carbocycles. The van der Waals surface area contributed by atoms with Gasteiger partial charge in [0.05, 0.1) is 30.7 Å². The number of carbonyl (C=O) groups excluding carboxylic acids is 2. The van der Waals surface area contributed by atoms with E-state index in [9.17, 15) is 18.0 Å². The average Bonchev–Trinajstić information content (AvgIpc) is 2.87. The first kappa shape index (κ1) is 28.0. The minimum absolute atomic E-state index is 0.0797. The van der Waals surface area contributed by atoms with Crippen LogP contribution in [0.1, 0.15) is 35.7 Å². The summed E-state index contributed by atoms with van der Waals surface area (Å²) >= 11 is 6.20. The molecule has 0 atom stereocenters. The number of nitrogens with one attached hydrogen (secondary N) is 1. The highest BCUT2D eigenvalue weighted by Gasteiger charge is 2.19. The molecule has 10 heteroatoms. The molecule has 0 spiro atoms. The van der Waals surface area contributed by atoms with Gasteiger partial charge in [0.15, 0.2) is 6.61 Å². The molecule has 1 amide bonds. The van der Waals surface area contributed by atoms with Crippen molar-refractivity contribution in [2.75, 3.05) is 29.1 Å². The Morgan fingerprint density at radius 2 is 1.65 bits per heavy atom. The van der Waals surface area contributed by atoms with Crippen LogP contribution in [-0.2, 0) is 26.1 Å². The summed E-state index contributed by atoms with van der Waals surface area (Å²) in [4.78, 5) is 24.3. The minimum atomic E-state index is -3.58. The first-order valence-electron chi connectivity index (χ1n) is 11.7. The molecule has 0 bridgehead atoms. The number of esters is 1. The Hall–Kier alpha value is -3.56. The molecule has 0 heterocycles. The van der Waals surface area contributed by atoms with Crippen molar-refractivity contribution in [2.45, 2.75) is 26.3 Å². The molecule has 37 heavy (non-hydrogen) atoms. The van der Waals surface area contributed by atoms with E-state index < -0.39 is 16.0 Å². The molecule has 0 aromatic heterocycles. The number of halogens is 1. The van der Waals surface area contributed by atoms with Crippen LogP contribution >= 0.6 is 11.6 Å². The maximum Gasteiger partial charge on any atom is 0.338 e. The molecule has 1 N–H and O–H groups in total. The van der Waals surface area contributed by atoms with E-state index >= 15 is 0 Å². The van der Waals surface area contributed by atoms with Crippen molar-refractivity contribution in [3.8, 4) is 5.75 Å². The molecule has 0 unspecified atom stereocenters. The van der Waals surface area contributed by atoms with E-state index in [-0.39, 0.29) is 19.1 Å². The van der Waals surface area contributed by atoms with Crippen molar-refractivity contribution in [1.82, 2.24) is 0 Å². The Morgan fingerprint density at radius 1 is 0.973 bits per heavy atom. The molecule has 3 rings (SSSR count). The Bertz CT molecular complexity index is 1310. The molecule has 0 radical (unpaired) electrons. The number of amides is 1. The summed E-state index contributed by atoms with van der Waals surface area (Å²) in [6.07, 6.45) is 2.87. The van der Waals surface area contributed by atoms with Crippen molar-refractivity contribution in [1.29, 1.82) is 0 Å². The number of unbranched alkanes of at least 4 members (excludes halogenated alkanes) is 1. The molecule has 196 valence electrons. The van der Waals surface area contributed by atoms with Crippen LogP contribution < -0.4 is 14.4 Å². The first-order valence-corrected chi connectivity index (χ1v) is 13.9. The molecule has 3 aromatic rings. The highest BCUT2D eigenvalue weighted by atomic mass is 35.5. The fourth-order valence-corrected chi connectivity index (χ4v) is 4.39. The molecule has 0 fully saturated rings. The van der Waals surface area contributed by atoms with Gasteiger partial charge in [0.25, 0.3) is 5.91 Å². The lowest BCUT2D eigenvalue weighted by molar-refractivity contribution is -0.118. The second-order valence-electron chi connectivity index (χ2n) is 8.26. The lowest BCUT2D eigenvalue weighted by atomic mass is 10.2. The van der Waals surface area contributed by atoms with Crippen LogP contribution in [0.4, 0.5) is 11.4 Å². The highest BCUT2D eigenvalue weighted by molar-refractivity contribution is 7.92. The van der Waals surface area contributed by atoms with Gasteiger partial charge in [0, 0.05) is 10.7 Å². The van der Waals surface area contributed by atoms with E-state index in [2.05, 4.69) is 5.32 Å². The standard InChI is InChI=1S/C27H29ClN2O6S/c1-3-4-17-35-27(32)20-9-11-22(12-10-20)29-26(31)19-36-24-15-13-23(14-16-24)30(37(2,33)34)18-21-7-5-6-8-25(21)28/h5-16H,3-4,17-19H2,1-2H3,(H,29,31). The second-order valence-corrected chi connectivity index (χ2v) is 10.6. The van der Waals surface area contributed by atoms with Crippen LogP contribution in [-0.4, -0.2) is 39.8 Å². The first-order chi connectivity index (χ1) is 17.7. The summed E-state index contributed by atoms with van der Waals surface area (Å²) in [7, 11) is -3.58. The van der Waals surface area contributed by atoms with E-state index in [1.54, 1.807) is 72.8 Å². The number of sulfonamides is 1. The van der Waals surface area contributed by atoms with Crippen molar-refractivity contribution in [3.63, 3.8) is 0 Å². The third kappa shape index (κ3) is 8.51. The largest absolute Gasteiger partial charge is 0.484 e. The van der Waals surface area contributed by atoms with Crippen molar-refractivity contribution in [3.05, 3.63) is 88.9 Å². The van der Waals surface area contributed by atoms with E-state index in [1.807, 2.05) is 6.92 Å². The van der Waals surface area contributed by atoms with E-state index in [0.29, 0.717) is 39.9 Å². The fourth-order valence-electron chi connectivity index (χ4n) is 3.32. The van der Waals surface area contributed by atoms with Gasteiger partial charge in [-0.3, -0.25) is 9.10 Å². The third-order valence-electron chi connectivity index (χ3n) is 5.30. The van der Waals surface area contributed by atoms with Gasteiger partial charge in [-0.2, -0.15) is 0 Å². The normalized spacial score (nSPS) is 11.0. The molecule has 0 saturated carbocycles. The van der Waals surface area contributed by atoms with Crippen molar-refractivity contribution < 1.29 is 27.5 Å². The lowest BCUT2D eigenvalue weighted by Gasteiger charge is -2.23. The number of anilines is 2. The Balaban J connectivity index is 1.55. The summed E-state index contributed by atoms with van der Waals surface area (Å²) in [5, 5.41) is 3.17. The van der Waals surface area contributed by atoms with Crippen LogP contribution in [0.2, 0.25) is 5.02 Å². The average molecular weight is 545 g/mol. The number of rotatable bonds is 12. The van der Waals surface area contributed by atoms with Gasteiger partial charge in [-0.25, -0.2) is 13.2 Å². The van der Waals surface area contributed by atoms with Gasteiger partial charge >= 0.3 is 5.97 Å². The van der Waals surface area contributed by atoms with Crippen molar-refractivity contribution in [2.24, 2.45) is 0 Å². The summed E-state index contributed by atoms with van der Waals surface area (Å²) in [6.45, 7) is 2.21. The van der Waals surface area contributed by atoms with Gasteiger partial charge in [-0.1, -0.05) is 43.1 Å². The molecule has 3 aromatic carbocycles. The van der Waals surface area contributed by atoms with Gasteiger partial charge in [-0.05, 0) is 66.6 Å². The topological polar surface area (TPSA) is 102 Å². The maximum atomic E-state index is 12.4. The second kappa shape index (κ2) is 13.1. The van der Waals surface area contributed by atoms with Gasteiger partial charge < -0.3 is 14.8 Å². The zero-order chi connectivity index (χ0) is 26.8. The van der Waals surface area contributed by atoms with Gasteiger partial charge in [0.2, 0.25) is 10.0 Å². The van der Waals surface area contributed by atoms with Crippen LogP contribution in [0.15, 0.2) is 72.8 Å². The number of ether oxygens (including phenoxy) is 2. The van der Waals surface area contributed by atoms with E-state index in [1.165, 1.54) is 4.31 Å². The summed E-state index contributed by atoms with van der Waals surface area (Å²) < 4.78 is 36.8. The number of benzene rings is 3. The van der Waals surface area contributed by atoms with Gasteiger partial charge in [0.1, 0.15) is 5.75 Å². The molecule has 0 aliphatic rings. The van der Waals surface area contributed by atoms with Crippen LogP contribution in [0.3, 0.4) is 0 Å². The van der Waals surface area contributed by atoms with Crippen LogP contribution in [0.25, 0.3) is 0 Å². The third-order valence-corrected chi connectivity index (χ3v) is 6.81. The van der Waals surface area contributed by atoms with Gasteiger partial charge in [-0.15, -0.1) is 0 Å². The molecule has 0 saturated heterocycles. The summed E-state index contributed by atoms with van der Waals surface area (Å²) in [5.41, 5.74) is 2.03. The van der Waals surface area contributed by atoms with E-state index in [4.69, 9.17) is 21.1 Å².